The van der Waals surface area contributed by atoms with E-state index in [-0.39, 0.29) is 0 Å². The Morgan fingerprint density at radius 1 is 1.08 bits per heavy atom. The van der Waals surface area contributed by atoms with Crippen molar-refractivity contribution in [2.24, 2.45) is 5.41 Å². The van der Waals surface area contributed by atoms with E-state index in [9.17, 15) is 0 Å². The van der Waals surface area contributed by atoms with E-state index in [1.807, 2.05) is 13.8 Å². The molecule has 0 bridgehead atoms. The van der Waals surface area contributed by atoms with Crippen molar-refractivity contribution in [3.05, 3.63) is 0 Å². The van der Waals surface area contributed by atoms with Crippen molar-refractivity contribution in [3.8, 4) is 0 Å². The van der Waals surface area contributed by atoms with Crippen LogP contribution in [0.15, 0.2) is 0 Å². The molecule has 0 aromatic rings. The third-order valence-electron chi connectivity index (χ3n) is 3.08. The first kappa shape index (κ1) is 11.0. The Kier molecular flexibility index (Phi) is 4.74. The van der Waals surface area contributed by atoms with E-state index in [0.29, 0.717) is 5.41 Å². The van der Waals surface area contributed by atoms with Crippen molar-refractivity contribution >= 4 is 0 Å². The van der Waals surface area contributed by atoms with Gasteiger partial charge in [-0.3, -0.25) is 0 Å². The van der Waals surface area contributed by atoms with Crippen LogP contribution >= 0.6 is 0 Å². The summed E-state index contributed by atoms with van der Waals surface area (Å²) < 4.78 is 5.47. The Morgan fingerprint density at radius 3 is 2.62 bits per heavy atom. The number of rotatable bonds is 0. The lowest BCUT2D eigenvalue weighted by molar-refractivity contribution is 0.143. The first-order chi connectivity index (χ1) is 6.41. The Balaban J connectivity index is 0.000000396. The van der Waals surface area contributed by atoms with Gasteiger partial charge in [0, 0.05) is 6.61 Å². The van der Waals surface area contributed by atoms with Crippen molar-refractivity contribution in [2.75, 3.05) is 26.3 Å². The average molecular weight is 185 g/mol. The molecule has 78 valence electrons. The molecular formula is C11H23NO. The maximum Gasteiger partial charge on any atom is 0.0523 e. The van der Waals surface area contributed by atoms with Crippen LogP contribution in [-0.4, -0.2) is 26.3 Å². The van der Waals surface area contributed by atoms with Gasteiger partial charge in [-0.2, -0.15) is 0 Å². The number of ether oxygens (including phenoxy) is 1. The van der Waals surface area contributed by atoms with Crippen LogP contribution in [0.3, 0.4) is 0 Å². The van der Waals surface area contributed by atoms with Crippen LogP contribution in [0.4, 0.5) is 0 Å². The number of hydrogen-bond acceptors (Lipinski definition) is 2. The minimum absolute atomic E-state index is 0.573. The SMILES string of the molecule is C1CNCCC2(C1)CCOC2.CC. The fourth-order valence-corrected chi connectivity index (χ4v) is 2.24. The first-order valence-electron chi connectivity index (χ1n) is 5.70. The van der Waals surface area contributed by atoms with Crippen LogP contribution in [0.1, 0.15) is 39.5 Å². The highest BCUT2D eigenvalue weighted by atomic mass is 16.5. The molecule has 0 aromatic heterocycles. The normalized spacial score (nSPS) is 33.7. The molecule has 2 aliphatic heterocycles. The summed E-state index contributed by atoms with van der Waals surface area (Å²) in [5, 5.41) is 3.44. The molecule has 2 heteroatoms. The van der Waals surface area contributed by atoms with Crippen LogP contribution in [0.5, 0.6) is 0 Å². The molecule has 13 heavy (non-hydrogen) atoms. The van der Waals surface area contributed by atoms with E-state index in [0.717, 1.165) is 13.2 Å². The van der Waals surface area contributed by atoms with Gasteiger partial charge in [-0.15, -0.1) is 0 Å². The molecular weight excluding hydrogens is 162 g/mol. The number of hydrogen-bond donors (Lipinski definition) is 1. The van der Waals surface area contributed by atoms with Crippen LogP contribution in [0.25, 0.3) is 0 Å². The second kappa shape index (κ2) is 5.61. The zero-order valence-electron chi connectivity index (χ0n) is 9.07. The summed E-state index contributed by atoms with van der Waals surface area (Å²) >= 11 is 0. The summed E-state index contributed by atoms with van der Waals surface area (Å²) in [6.45, 7) is 8.43. The lowest BCUT2D eigenvalue weighted by atomic mass is 9.80. The molecule has 2 aliphatic rings. The van der Waals surface area contributed by atoms with Gasteiger partial charge >= 0.3 is 0 Å². The average Bonchev–Trinajstić information content (AvgIpc) is 2.50. The molecule has 2 fully saturated rings. The molecule has 2 heterocycles. The van der Waals surface area contributed by atoms with E-state index >= 15 is 0 Å². The molecule has 0 aliphatic carbocycles. The lowest BCUT2D eigenvalue weighted by Gasteiger charge is -2.24. The minimum atomic E-state index is 0.573. The van der Waals surface area contributed by atoms with Gasteiger partial charge in [-0.05, 0) is 44.2 Å². The molecule has 0 aromatic carbocycles. The summed E-state index contributed by atoms with van der Waals surface area (Å²) in [5.41, 5.74) is 0.573. The van der Waals surface area contributed by atoms with Gasteiger partial charge in [0.05, 0.1) is 6.61 Å². The Bertz CT molecular complexity index is 120. The smallest absolute Gasteiger partial charge is 0.0523 e. The van der Waals surface area contributed by atoms with Crippen molar-refractivity contribution in [3.63, 3.8) is 0 Å². The molecule has 0 saturated carbocycles. The Labute approximate surface area is 82.0 Å². The van der Waals surface area contributed by atoms with E-state index in [1.165, 1.54) is 38.8 Å². The van der Waals surface area contributed by atoms with E-state index in [1.54, 1.807) is 0 Å². The Morgan fingerprint density at radius 2 is 1.92 bits per heavy atom. The molecule has 1 atom stereocenters. The van der Waals surface area contributed by atoms with Crippen LogP contribution in [0, 0.1) is 5.41 Å². The molecule has 1 spiro atoms. The quantitative estimate of drug-likeness (QED) is 0.624. The second-order valence-electron chi connectivity index (χ2n) is 3.91. The molecule has 2 saturated heterocycles. The first-order valence-corrected chi connectivity index (χ1v) is 5.70. The summed E-state index contributed by atoms with van der Waals surface area (Å²) in [7, 11) is 0. The topological polar surface area (TPSA) is 21.3 Å². The van der Waals surface area contributed by atoms with E-state index in [4.69, 9.17) is 4.74 Å². The number of nitrogens with one attached hydrogen (secondary N) is 1. The fourth-order valence-electron chi connectivity index (χ4n) is 2.24. The van der Waals surface area contributed by atoms with Crippen molar-refractivity contribution in [2.45, 2.75) is 39.5 Å². The van der Waals surface area contributed by atoms with Gasteiger partial charge in [0.15, 0.2) is 0 Å². The third-order valence-corrected chi connectivity index (χ3v) is 3.08. The second-order valence-corrected chi connectivity index (χ2v) is 3.91. The third kappa shape index (κ3) is 2.96. The minimum Gasteiger partial charge on any atom is -0.381 e. The van der Waals surface area contributed by atoms with Crippen LogP contribution in [0.2, 0.25) is 0 Å². The zero-order chi connectivity index (χ0) is 9.57. The molecule has 1 unspecified atom stereocenters. The summed E-state index contributed by atoms with van der Waals surface area (Å²) in [6.07, 6.45) is 5.34. The molecule has 1 N–H and O–H groups in total. The summed E-state index contributed by atoms with van der Waals surface area (Å²) in [6, 6.07) is 0. The zero-order valence-corrected chi connectivity index (χ0v) is 9.07. The monoisotopic (exact) mass is 185 g/mol. The highest BCUT2D eigenvalue weighted by molar-refractivity contribution is 4.85. The Hall–Kier alpha value is -0.0800. The maximum atomic E-state index is 5.47. The molecule has 2 nitrogen and oxygen atoms in total. The summed E-state index contributed by atoms with van der Waals surface area (Å²) in [4.78, 5) is 0. The van der Waals surface area contributed by atoms with Crippen LogP contribution in [-0.2, 0) is 4.74 Å². The molecule has 2 rings (SSSR count). The van der Waals surface area contributed by atoms with Gasteiger partial charge < -0.3 is 10.1 Å². The highest BCUT2D eigenvalue weighted by Gasteiger charge is 2.34. The van der Waals surface area contributed by atoms with Gasteiger partial charge in [0.25, 0.3) is 0 Å². The largest absolute Gasteiger partial charge is 0.381 e. The van der Waals surface area contributed by atoms with Crippen LogP contribution < -0.4 is 5.32 Å². The molecule has 0 radical (unpaired) electrons. The van der Waals surface area contributed by atoms with Crippen molar-refractivity contribution in [1.82, 2.24) is 5.32 Å². The van der Waals surface area contributed by atoms with E-state index in [2.05, 4.69) is 5.32 Å². The maximum absolute atomic E-state index is 5.47. The van der Waals surface area contributed by atoms with E-state index < -0.39 is 0 Å². The van der Waals surface area contributed by atoms with Crippen molar-refractivity contribution < 1.29 is 4.74 Å². The van der Waals surface area contributed by atoms with Gasteiger partial charge in [0.2, 0.25) is 0 Å². The van der Waals surface area contributed by atoms with Gasteiger partial charge in [-0.1, -0.05) is 13.8 Å². The summed E-state index contributed by atoms with van der Waals surface area (Å²) in [5.74, 6) is 0. The lowest BCUT2D eigenvalue weighted by Crippen LogP contribution is -2.22. The van der Waals surface area contributed by atoms with Gasteiger partial charge in [-0.25, -0.2) is 0 Å². The fraction of sp³-hybridized carbons (Fsp3) is 1.00. The van der Waals surface area contributed by atoms with Gasteiger partial charge in [0.1, 0.15) is 0 Å². The molecule has 0 amide bonds. The highest BCUT2D eigenvalue weighted by Crippen LogP contribution is 2.37. The standard InChI is InChI=1S/C9H17NO.C2H6/c1-2-9(3-6-10-5-1)4-7-11-8-9;1-2/h10H,1-8H2;1-2H3. The van der Waals surface area contributed by atoms with Crippen molar-refractivity contribution in [1.29, 1.82) is 0 Å². The predicted octanol–water partition coefficient (Wildman–Crippen LogP) is 2.19. The predicted molar refractivity (Wildman–Crippen MR) is 55.9 cm³/mol.